The van der Waals surface area contributed by atoms with Crippen molar-refractivity contribution in [3.05, 3.63) is 65.5 Å². The van der Waals surface area contributed by atoms with Crippen LogP contribution < -0.4 is 5.32 Å². The molecule has 0 radical (unpaired) electrons. The van der Waals surface area contributed by atoms with Crippen molar-refractivity contribution in [1.82, 2.24) is 20.2 Å². The first-order chi connectivity index (χ1) is 11.7. The van der Waals surface area contributed by atoms with E-state index in [1.54, 1.807) is 10.7 Å². The summed E-state index contributed by atoms with van der Waals surface area (Å²) in [5, 5.41) is 14.2. The van der Waals surface area contributed by atoms with E-state index >= 15 is 0 Å². The molecule has 0 unspecified atom stereocenters. The summed E-state index contributed by atoms with van der Waals surface area (Å²) in [6.45, 7) is 4.05. The van der Waals surface area contributed by atoms with Crippen molar-refractivity contribution in [2.45, 2.75) is 26.7 Å². The van der Waals surface area contributed by atoms with Crippen LogP contribution >= 0.6 is 0 Å². The predicted octanol–water partition coefficient (Wildman–Crippen LogP) is 3.18. The van der Waals surface area contributed by atoms with E-state index < -0.39 is 0 Å². The van der Waals surface area contributed by atoms with Gasteiger partial charge in [-0.15, -0.1) is 5.10 Å². The summed E-state index contributed by atoms with van der Waals surface area (Å²) in [5.74, 6) is -0.120. The highest BCUT2D eigenvalue weighted by Crippen LogP contribution is 2.19. The SMILES string of the molecule is CCCc1ccccc1NC(=O)c1ccc(-n2cnnn2)c(C)c1. The van der Waals surface area contributed by atoms with E-state index in [9.17, 15) is 4.79 Å². The molecule has 122 valence electrons. The Labute approximate surface area is 140 Å². The average Bonchev–Trinajstić information content (AvgIpc) is 3.11. The summed E-state index contributed by atoms with van der Waals surface area (Å²) < 4.78 is 1.58. The minimum Gasteiger partial charge on any atom is -0.322 e. The molecule has 3 aromatic rings. The van der Waals surface area contributed by atoms with Crippen molar-refractivity contribution in [3.63, 3.8) is 0 Å². The molecule has 0 saturated heterocycles. The van der Waals surface area contributed by atoms with Crippen LogP contribution in [0.25, 0.3) is 5.69 Å². The van der Waals surface area contributed by atoms with E-state index in [4.69, 9.17) is 0 Å². The molecule has 0 bridgehead atoms. The Morgan fingerprint density at radius 2 is 2.04 bits per heavy atom. The van der Waals surface area contributed by atoms with E-state index in [1.807, 2.05) is 43.3 Å². The van der Waals surface area contributed by atoms with Gasteiger partial charge in [-0.25, -0.2) is 4.68 Å². The highest BCUT2D eigenvalue weighted by atomic mass is 16.1. The third-order valence-corrected chi connectivity index (χ3v) is 3.84. The summed E-state index contributed by atoms with van der Waals surface area (Å²) in [5.41, 5.74) is 4.40. The Morgan fingerprint density at radius 1 is 1.21 bits per heavy atom. The fraction of sp³-hybridized carbons (Fsp3) is 0.222. The lowest BCUT2D eigenvalue weighted by Crippen LogP contribution is -2.14. The van der Waals surface area contributed by atoms with Gasteiger partial charge in [0.2, 0.25) is 0 Å². The molecule has 1 N–H and O–H groups in total. The average molecular weight is 321 g/mol. The number of tetrazole rings is 1. The Balaban J connectivity index is 1.82. The second-order valence-electron chi connectivity index (χ2n) is 5.62. The zero-order valence-corrected chi connectivity index (χ0v) is 13.7. The maximum absolute atomic E-state index is 12.6. The maximum atomic E-state index is 12.6. The Morgan fingerprint density at radius 3 is 2.75 bits per heavy atom. The molecule has 24 heavy (non-hydrogen) atoms. The largest absolute Gasteiger partial charge is 0.322 e. The molecular formula is C18H19N5O. The molecule has 0 fully saturated rings. The zero-order valence-electron chi connectivity index (χ0n) is 13.7. The lowest BCUT2D eigenvalue weighted by Gasteiger charge is -2.12. The Kier molecular flexibility index (Phi) is 4.65. The van der Waals surface area contributed by atoms with E-state index in [1.165, 1.54) is 6.33 Å². The zero-order chi connectivity index (χ0) is 16.9. The third-order valence-electron chi connectivity index (χ3n) is 3.84. The standard InChI is InChI=1S/C18H19N5O/c1-3-6-14-7-4-5-8-16(14)20-18(24)15-9-10-17(13(2)11-15)23-12-19-21-22-23/h4-5,7-12H,3,6H2,1-2H3,(H,20,24). The predicted molar refractivity (Wildman–Crippen MR) is 92.3 cm³/mol. The number of nitrogens with zero attached hydrogens (tertiary/aromatic N) is 4. The molecule has 1 aromatic heterocycles. The smallest absolute Gasteiger partial charge is 0.255 e. The van der Waals surface area contributed by atoms with Crippen LogP contribution in [0.15, 0.2) is 48.8 Å². The van der Waals surface area contributed by atoms with Crippen molar-refractivity contribution in [3.8, 4) is 5.69 Å². The van der Waals surface area contributed by atoms with Crippen molar-refractivity contribution in [2.24, 2.45) is 0 Å². The number of anilines is 1. The molecule has 3 rings (SSSR count). The van der Waals surface area contributed by atoms with Gasteiger partial charge in [-0.1, -0.05) is 31.5 Å². The van der Waals surface area contributed by atoms with Crippen LogP contribution in [0.5, 0.6) is 0 Å². The van der Waals surface area contributed by atoms with Gasteiger partial charge in [-0.3, -0.25) is 4.79 Å². The van der Waals surface area contributed by atoms with E-state index in [0.717, 1.165) is 35.3 Å². The van der Waals surface area contributed by atoms with Crippen LogP contribution in [0.1, 0.15) is 34.8 Å². The summed E-state index contributed by atoms with van der Waals surface area (Å²) >= 11 is 0. The summed E-state index contributed by atoms with van der Waals surface area (Å²) in [6, 6.07) is 13.4. The lowest BCUT2D eigenvalue weighted by atomic mass is 10.1. The number of hydrogen-bond acceptors (Lipinski definition) is 4. The van der Waals surface area contributed by atoms with Gasteiger partial charge in [0.25, 0.3) is 5.91 Å². The minimum absolute atomic E-state index is 0.120. The highest BCUT2D eigenvalue weighted by molar-refractivity contribution is 6.04. The van der Waals surface area contributed by atoms with Crippen LogP contribution in [0, 0.1) is 6.92 Å². The molecular weight excluding hydrogens is 302 g/mol. The molecule has 0 atom stereocenters. The number of amides is 1. The fourth-order valence-corrected chi connectivity index (χ4v) is 2.65. The van der Waals surface area contributed by atoms with Crippen LogP contribution in [0.2, 0.25) is 0 Å². The van der Waals surface area contributed by atoms with E-state index in [2.05, 4.69) is 27.8 Å². The Bertz CT molecular complexity index is 842. The normalized spacial score (nSPS) is 10.6. The number of hydrogen-bond donors (Lipinski definition) is 1. The number of aromatic nitrogens is 4. The number of aryl methyl sites for hydroxylation is 2. The van der Waals surface area contributed by atoms with Gasteiger partial charge in [0.1, 0.15) is 6.33 Å². The number of para-hydroxylation sites is 1. The summed E-state index contributed by atoms with van der Waals surface area (Å²) in [6.07, 6.45) is 3.50. The van der Waals surface area contributed by atoms with Crippen molar-refractivity contribution < 1.29 is 4.79 Å². The maximum Gasteiger partial charge on any atom is 0.255 e. The van der Waals surface area contributed by atoms with Crippen molar-refractivity contribution in [1.29, 1.82) is 0 Å². The number of carbonyl (C=O) groups is 1. The van der Waals surface area contributed by atoms with Gasteiger partial charge < -0.3 is 5.32 Å². The van der Waals surface area contributed by atoms with Crippen LogP contribution in [-0.2, 0) is 6.42 Å². The summed E-state index contributed by atoms with van der Waals surface area (Å²) in [7, 11) is 0. The molecule has 0 saturated carbocycles. The second kappa shape index (κ2) is 7.04. The number of carbonyl (C=O) groups excluding carboxylic acids is 1. The van der Waals surface area contributed by atoms with Gasteiger partial charge in [0.05, 0.1) is 5.69 Å². The minimum atomic E-state index is -0.120. The first-order valence-electron chi connectivity index (χ1n) is 7.92. The first-order valence-corrected chi connectivity index (χ1v) is 7.92. The van der Waals surface area contributed by atoms with Crippen LogP contribution in [0.3, 0.4) is 0 Å². The van der Waals surface area contributed by atoms with Crippen LogP contribution in [0.4, 0.5) is 5.69 Å². The molecule has 6 nitrogen and oxygen atoms in total. The van der Waals surface area contributed by atoms with Crippen LogP contribution in [-0.4, -0.2) is 26.1 Å². The highest BCUT2D eigenvalue weighted by Gasteiger charge is 2.11. The topological polar surface area (TPSA) is 72.7 Å². The third kappa shape index (κ3) is 3.32. The summed E-state index contributed by atoms with van der Waals surface area (Å²) in [4.78, 5) is 12.6. The monoisotopic (exact) mass is 321 g/mol. The Hall–Kier alpha value is -3.02. The first kappa shape index (κ1) is 15.9. The number of rotatable bonds is 5. The van der Waals surface area contributed by atoms with Gasteiger partial charge in [0, 0.05) is 11.3 Å². The molecule has 0 aliphatic carbocycles. The molecule has 0 aliphatic heterocycles. The van der Waals surface area contributed by atoms with Gasteiger partial charge in [-0.2, -0.15) is 0 Å². The number of nitrogens with one attached hydrogen (secondary N) is 1. The molecule has 2 aromatic carbocycles. The van der Waals surface area contributed by atoms with E-state index in [0.29, 0.717) is 5.56 Å². The van der Waals surface area contributed by atoms with Crippen molar-refractivity contribution in [2.75, 3.05) is 5.32 Å². The number of benzene rings is 2. The lowest BCUT2D eigenvalue weighted by molar-refractivity contribution is 0.102. The van der Waals surface area contributed by atoms with Gasteiger partial charge in [0.15, 0.2) is 0 Å². The molecule has 1 amide bonds. The fourth-order valence-electron chi connectivity index (χ4n) is 2.65. The van der Waals surface area contributed by atoms with Gasteiger partial charge >= 0.3 is 0 Å². The molecule has 0 aliphatic rings. The molecule has 6 heteroatoms. The van der Waals surface area contributed by atoms with Gasteiger partial charge in [-0.05, 0) is 59.2 Å². The quantitative estimate of drug-likeness (QED) is 0.783. The molecule has 1 heterocycles. The molecule has 0 spiro atoms. The van der Waals surface area contributed by atoms with E-state index in [-0.39, 0.29) is 5.91 Å². The second-order valence-corrected chi connectivity index (χ2v) is 5.62. The van der Waals surface area contributed by atoms with Crippen molar-refractivity contribution >= 4 is 11.6 Å².